The molecule has 0 amide bonds. The molecule has 5 heteroatoms. The first-order valence-corrected chi connectivity index (χ1v) is 11.9. The lowest BCUT2D eigenvalue weighted by molar-refractivity contribution is -0.0133. The van der Waals surface area contributed by atoms with Gasteiger partial charge in [0.15, 0.2) is 0 Å². The van der Waals surface area contributed by atoms with Gasteiger partial charge in [0.2, 0.25) is 0 Å². The minimum absolute atomic E-state index is 0.129. The molecular formula is C28H28ClNO3. The molecule has 0 aromatic heterocycles. The lowest BCUT2D eigenvalue weighted by Crippen LogP contribution is -2.49. The number of halogens is 1. The number of nitrogens with one attached hydrogen (secondary N) is 1. The number of ether oxygens (including phenoxy) is 2. The van der Waals surface area contributed by atoms with Crippen molar-refractivity contribution >= 4 is 17.6 Å². The molecule has 5 rings (SSSR count). The highest BCUT2D eigenvalue weighted by Crippen LogP contribution is 2.40. The van der Waals surface area contributed by atoms with Gasteiger partial charge in [-0.2, -0.15) is 0 Å². The van der Waals surface area contributed by atoms with Crippen molar-refractivity contribution in [3.8, 4) is 11.1 Å². The number of piperidine rings is 1. The first-order chi connectivity index (χ1) is 16.1. The normalized spacial score (nSPS) is 23.9. The van der Waals surface area contributed by atoms with E-state index in [9.17, 15) is 4.79 Å². The van der Waals surface area contributed by atoms with Crippen LogP contribution in [0.2, 0.25) is 5.02 Å². The maximum absolute atomic E-state index is 12.1. The highest BCUT2D eigenvalue weighted by molar-refractivity contribution is 6.30. The molecule has 33 heavy (non-hydrogen) atoms. The molecule has 3 aromatic rings. The number of fused-ring (bicyclic) bond motifs is 2. The van der Waals surface area contributed by atoms with E-state index < -0.39 is 0 Å². The van der Waals surface area contributed by atoms with E-state index in [-0.39, 0.29) is 12.1 Å². The smallest absolute Gasteiger partial charge is 0.338 e. The van der Waals surface area contributed by atoms with Gasteiger partial charge >= 0.3 is 5.97 Å². The molecule has 0 radical (unpaired) electrons. The SMILES string of the molecule is COC(=O)c1ccccc1-c1ccc(COC2C3CCC(CC2c2ccc(Cl)cc2)N3)cc1. The quantitative estimate of drug-likeness (QED) is 0.458. The van der Waals surface area contributed by atoms with E-state index in [0.717, 1.165) is 34.6 Å². The number of carbonyl (C=O) groups is 1. The number of hydrogen-bond donors (Lipinski definition) is 1. The van der Waals surface area contributed by atoms with Gasteiger partial charge in [-0.05, 0) is 59.7 Å². The van der Waals surface area contributed by atoms with Gasteiger partial charge in [-0.15, -0.1) is 0 Å². The topological polar surface area (TPSA) is 47.6 Å². The van der Waals surface area contributed by atoms with Crippen LogP contribution in [0.4, 0.5) is 0 Å². The summed E-state index contributed by atoms with van der Waals surface area (Å²) < 4.78 is 11.5. The van der Waals surface area contributed by atoms with Crippen molar-refractivity contribution in [2.24, 2.45) is 0 Å². The fourth-order valence-corrected chi connectivity index (χ4v) is 5.41. The number of benzene rings is 3. The largest absolute Gasteiger partial charge is 0.465 e. The van der Waals surface area contributed by atoms with Gasteiger partial charge in [0.05, 0.1) is 25.4 Å². The Labute approximate surface area is 199 Å². The summed E-state index contributed by atoms with van der Waals surface area (Å²) in [6, 6.07) is 24.9. The van der Waals surface area contributed by atoms with Crippen molar-refractivity contribution in [3.63, 3.8) is 0 Å². The van der Waals surface area contributed by atoms with Crippen LogP contribution in [-0.2, 0) is 16.1 Å². The average molecular weight is 462 g/mol. The zero-order valence-corrected chi connectivity index (χ0v) is 19.4. The standard InChI is InChI=1S/C28H28ClNO3/c1-32-28(31)24-5-3-2-4-23(24)19-8-6-18(7-9-19)17-33-27-25(16-22-14-15-26(27)30-22)20-10-12-21(29)13-11-20/h2-13,22,25-27,30H,14-17H2,1H3. The van der Waals surface area contributed by atoms with Crippen molar-refractivity contribution in [2.75, 3.05) is 7.11 Å². The van der Waals surface area contributed by atoms with Gasteiger partial charge in [0, 0.05) is 23.0 Å². The van der Waals surface area contributed by atoms with E-state index in [1.807, 2.05) is 42.5 Å². The molecule has 0 saturated carbocycles. The van der Waals surface area contributed by atoms with Gasteiger partial charge in [-0.25, -0.2) is 4.79 Å². The predicted octanol–water partition coefficient (Wildman–Crippen LogP) is 5.99. The predicted molar refractivity (Wildman–Crippen MR) is 131 cm³/mol. The van der Waals surface area contributed by atoms with Gasteiger partial charge in [-0.3, -0.25) is 0 Å². The Balaban J connectivity index is 1.31. The van der Waals surface area contributed by atoms with E-state index in [4.69, 9.17) is 21.1 Å². The average Bonchev–Trinajstić information content (AvgIpc) is 3.25. The second-order valence-electron chi connectivity index (χ2n) is 8.95. The first-order valence-electron chi connectivity index (χ1n) is 11.5. The van der Waals surface area contributed by atoms with Crippen molar-refractivity contribution in [2.45, 2.75) is 50.0 Å². The van der Waals surface area contributed by atoms with Crippen LogP contribution in [0.5, 0.6) is 0 Å². The van der Waals surface area contributed by atoms with Crippen LogP contribution >= 0.6 is 11.6 Å². The highest BCUT2D eigenvalue weighted by Gasteiger charge is 2.42. The lowest BCUT2D eigenvalue weighted by Gasteiger charge is -2.38. The van der Waals surface area contributed by atoms with E-state index in [0.29, 0.717) is 30.2 Å². The molecule has 4 nitrogen and oxygen atoms in total. The molecule has 170 valence electrons. The molecule has 0 spiro atoms. The zero-order valence-electron chi connectivity index (χ0n) is 18.7. The maximum Gasteiger partial charge on any atom is 0.338 e. The fourth-order valence-electron chi connectivity index (χ4n) is 5.28. The second kappa shape index (κ2) is 9.68. The van der Waals surface area contributed by atoms with Gasteiger partial charge in [0.25, 0.3) is 0 Å². The van der Waals surface area contributed by atoms with Crippen molar-refractivity contribution in [1.29, 1.82) is 0 Å². The molecule has 2 saturated heterocycles. The Morgan fingerprint density at radius 3 is 2.52 bits per heavy atom. The zero-order chi connectivity index (χ0) is 22.8. The molecule has 4 atom stereocenters. The van der Waals surface area contributed by atoms with Crippen LogP contribution in [0, 0.1) is 0 Å². The Morgan fingerprint density at radius 1 is 1.00 bits per heavy atom. The van der Waals surface area contributed by atoms with Crippen molar-refractivity contribution < 1.29 is 14.3 Å². The van der Waals surface area contributed by atoms with Crippen LogP contribution in [0.25, 0.3) is 11.1 Å². The maximum atomic E-state index is 12.1. The van der Waals surface area contributed by atoms with E-state index in [1.54, 1.807) is 6.07 Å². The van der Waals surface area contributed by atoms with E-state index in [1.165, 1.54) is 19.1 Å². The number of methoxy groups -OCH3 is 1. The number of hydrogen-bond acceptors (Lipinski definition) is 4. The van der Waals surface area contributed by atoms with Crippen LogP contribution in [0.15, 0.2) is 72.8 Å². The molecular weight excluding hydrogens is 434 g/mol. The summed E-state index contributed by atoms with van der Waals surface area (Å²) >= 11 is 6.12. The van der Waals surface area contributed by atoms with Crippen molar-refractivity contribution in [1.82, 2.24) is 5.32 Å². The first kappa shape index (κ1) is 22.1. The summed E-state index contributed by atoms with van der Waals surface area (Å²) in [4.78, 5) is 12.1. The highest BCUT2D eigenvalue weighted by atomic mass is 35.5. The molecule has 2 aliphatic rings. The minimum Gasteiger partial charge on any atom is -0.465 e. The van der Waals surface area contributed by atoms with Crippen LogP contribution < -0.4 is 5.32 Å². The molecule has 2 bridgehead atoms. The lowest BCUT2D eigenvalue weighted by atomic mass is 9.83. The Morgan fingerprint density at radius 2 is 1.76 bits per heavy atom. The molecule has 2 heterocycles. The third-order valence-corrected chi connectivity index (χ3v) is 7.20. The third kappa shape index (κ3) is 4.70. The summed E-state index contributed by atoms with van der Waals surface area (Å²) in [6.45, 7) is 0.552. The third-order valence-electron chi connectivity index (χ3n) is 6.95. The number of carbonyl (C=O) groups excluding carboxylic acids is 1. The molecule has 1 N–H and O–H groups in total. The molecule has 2 fully saturated rings. The molecule has 3 aromatic carbocycles. The van der Waals surface area contributed by atoms with Gasteiger partial charge in [-0.1, -0.05) is 66.2 Å². The van der Waals surface area contributed by atoms with Gasteiger partial charge in [0.1, 0.15) is 0 Å². The van der Waals surface area contributed by atoms with Crippen molar-refractivity contribution in [3.05, 3.63) is 94.5 Å². The Hall–Kier alpha value is -2.66. The van der Waals surface area contributed by atoms with Crippen LogP contribution in [0.1, 0.15) is 46.7 Å². The summed E-state index contributed by atoms with van der Waals surface area (Å²) in [6.07, 6.45) is 3.59. The summed E-state index contributed by atoms with van der Waals surface area (Å²) in [5.74, 6) is 0.0399. The van der Waals surface area contributed by atoms with Crippen LogP contribution in [-0.4, -0.2) is 31.3 Å². The fraction of sp³-hybridized carbons (Fsp3) is 0.321. The summed E-state index contributed by atoms with van der Waals surface area (Å²) in [5, 5.41) is 4.51. The van der Waals surface area contributed by atoms with E-state index >= 15 is 0 Å². The van der Waals surface area contributed by atoms with Crippen LogP contribution in [0.3, 0.4) is 0 Å². The molecule has 2 aliphatic heterocycles. The minimum atomic E-state index is -0.328. The van der Waals surface area contributed by atoms with Gasteiger partial charge < -0.3 is 14.8 Å². The Kier molecular flexibility index (Phi) is 6.50. The number of esters is 1. The second-order valence-corrected chi connectivity index (χ2v) is 9.39. The van der Waals surface area contributed by atoms with E-state index in [2.05, 4.69) is 29.6 Å². The summed E-state index contributed by atoms with van der Waals surface area (Å²) in [5.41, 5.74) is 4.84. The monoisotopic (exact) mass is 461 g/mol. The molecule has 4 unspecified atom stereocenters. The summed E-state index contributed by atoms with van der Waals surface area (Å²) in [7, 11) is 1.41. The molecule has 0 aliphatic carbocycles. The Bertz CT molecular complexity index is 1110. The number of rotatable bonds is 6.